The number of nitrogens with one attached hydrogen (secondary N) is 1. The molecule has 4 atom stereocenters. The van der Waals surface area contributed by atoms with Gasteiger partial charge in [0, 0.05) is 14.2 Å². The first-order valence-corrected chi connectivity index (χ1v) is 10.1. The molecule has 0 aliphatic carbocycles. The molecular formula is C24H31NO5. The van der Waals surface area contributed by atoms with Crippen LogP contribution in [0.4, 0.5) is 0 Å². The van der Waals surface area contributed by atoms with Crippen LogP contribution in [0.15, 0.2) is 60.7 Å². The van der Waals surface area contributed by atoms with Crippen LogP contribution in [0.5, 0.6) is 0 Å². The van der Waals surface area contributed by atoms with Gasteiger partial charge in [0.1, 0.15) is 6.61 Å². The summed E-state index contributed by atoms with van der Waals surface area (Å²) in [5.74, 6) is -0.651. The van der Waals surface area contributed by atoms with Gasteiger partial charge in [0.15, 0.2) is 12.2 Å². The largest absolute Gasteiger partial charge is 0.461 e. The summed E-state index contributed by atoms with van der Waals surface area (Å²) >= 11 is 0. The van der Waals surface area contributed by atoms with Crippen molar-refractivity contribution in [1.29, 1.82) is 0 Å². The summed E-state index contributed by atoms with van der Waals surface area (Å²) < 4.78 is 16.3. The van der Waals surface area contributed by atoms with Crippen LogP contribution in [-0.4, -0.2) is 38.7 Å². The van der Waals surface area contributed by atoms with Crippen LogP contribution in [0.25, 0.3) is 0 Å². The Morgan fingerprint density at radius 3 is 1.83 bits per heavy atom. The monoisotopic (exact) mass is 413 g/mol. The van der Waals surface area contributed by atoms with E-state index in [2.05, 4.69) is 5.32 Å². The van der Waals surface area contributed by atoms with Crippen molar-refractivity contribution in [2.24, 2.45) is 5.92 Å². The molecule has 6 heteroatoms. The van der Waals surface area contributed by atoms with Gasteiger partial charge in [0.25, 0.3) is 5.91 Å². The van der Waals surface area contributed by atoms with Crippen LogP contribution in [0, 0.1) is 5.92 Å². The number of rotatable bonds is 11. The summed E-state index contributed by atoms with van der Waals surface area (Å²) in [5.41, 5.74) is 1.48. The van der Waals surface area contributed by atoms with Gasteiger partial charge in [0.05, 0.1) is 6.04 Å². The fraction of sp³-hybridized carbons (Fsp3) is 0.417. The molecular weight excluding hydrogens is 382 g/mol. The number of benzene rings is 2. The Kier molecular flexibility index (Phi) is 9.51. The number of hydrogen-bond acceptors (Lipinski definition) is 5. The van der Waals surface area contributed by atoms with Gasteiger partial charge in [0.2, 0.25) is 0 Å². The van der Waals surface area contributed by atoms with E-state index in [0.717, 1.165) is 17.5 Å². The van der Waals surface area contributed by atoms with Crippen molar-refractivity contribution < 1.29 is 23.8 Å². The topological polar surface area (TPSA) is 73.9 Å². The van der Waals surface area contributed by atoms with Gasteiger partial charge < -0.3 is 19.5 Å². The number of ether oxygens (including phenoxy) is 3. The van der Waals surface area contributed by atoms with Crippen molar-refractivity contribution >= 4 is 11.9 Å². The average molecular weight is 414 g/mol. The summed E-state index contributed by atoms with van der Waals surface area (Å²) in [6, 6.07) is 18.1. The summed E-state index contributed by atoms with van der Waals surface area (Å²) in [5, 5.41) is 2.99. The average Bonchev–Trinajstić information content (AvgIpc) is 2.78. The van der Waals surface area contributed by atoms with E-state index >= 15 is 0 Å². The van der Waals surface area contributed by atoms with E-state index in [-0.39, 0.29) is 24.5 Å². The first kappa shape index (κ1) is 23.6. The Labute approximate surface area is 178 Å². The smallest absolute Gasteiger partial charge is 0.339 e. The predicted octanol–water partition coefficient (Wildman–Crippen LogP) is 3.84. The van der Waals surface area contributed by atoms with Gasteiger partial charge >= 0.3 is 5.97 Å². The van der Waals surface area contributed by atoms with Gasteiger partial charge in [-0.1, -0.05) is 80.9 Å². The van der Waals surface area contributed by atoms with Crippen LogP contribution in [0.3, 0.4) is 0 Å². The lowest BCUT2D eigenvalue weighted by Crippen LogP contribution is -2.45. The molecule has 0 heterocycles. The molecule has 1 amide bonds. The highest BCUT2D eigenvalue weighted by molar-refractivity contribution is 5.82. The van der Waals surface area contributed by atoms with Gasteiger partial charge in [-0.05, 0) is 17.0 Å². The summed E-state index contributed by atoms with van der Waals surface area (Å²) in [4.78, 5) is 25.5. The van der Waals surface area contributed by atoms with Crippen molar-refractivity contribution in [2.45, 2.75) is 38.5 Å². The molecule has 3 unspecified atom stereocenters. The third-order valence-electron chi connectivity index (χ3n) is 5.19. The van der Waals surface area contributed by atoms with Crippen molar-refractivity contribution in [3.05, 3.63) is 71.8 Å². The van der Waals surface area contributed by atoms with Gasteiger partial charge in [-0.15, -0.1) is 0 Å². The number of carbonyl (C=O) groups excluding carboxylic acids is 2. The molecule has 0 bridgehead atoms. The molecule has 0 aliphatic heterocycles. The third-order valence-corrected chi connectivity index (χ3v) is 5.19. The standard InChI is InChI=1S/C24H31NO5/c1-5-17(2)20(25-23(26)21(28-3)18-12-8-6-9-13-18)16-30-24(27)22(29-4)19-14-10-7-11-15-19/h6-15,17,20-22H,5,16H2,1-4H3,(H,25,26)/t17?,20-,21?,22?/m1/s1. The van der Waals surface area contributed by atoms with Gasteiger partial charge in [-0.25, -0.2) is 4.79 Å². The van der Waals surface area contributed by atoms with E-state index in [1.165, 1.54) is 14.2 Å². The number of carbonyl (C=O) groups is 2. The zero-order valence-corrected chi connectivity index (χ0v) is 18.0. The first-order valence-electron chi connectivity index (χ1n) is 10.1. The molecule has 2 aromatic carbocycles. The third kappa shape index (κ3) is 6.40. The summed E-state index contributed by atoms with van der Waals surface area (Å²) in [6.07, 6.45) is -0.724. The van der Waals surface area contributed by atoms with E-state index in [0.29, 0.717) is 0 Å². The Morgan fingerprint density at radius 2 is 1.37 bits per heavy atom. The van der Waals surface area contributed by atoms with Crippen LogP contribution in [0.2, 0.25) is 0 Å². The maximum Gasteiger partial charge on any atom is 0.339 e. The Balaban J connectivity index is 2.05. The van der Waals surface area contributed by atoms with E-state index in [9.17, 15) is 9.59 Å². The Hall–Kier alpha value is -2.70. The molecule has 0 radical (unpaired) electrons. The lowest BCUT2D eigenvalue weighted by molar-refractivity contribution is -0.157. The highest BCUT2D eigenvalue weighted by atomic mass is 16.6. The molecule has 0 saturated carbocycles. The minimum absolute atomic E-state index is 0.0531. The van der Waals surface area contributed by atoms with E-state index in [1.807, 2.05) is 74.5 Å². The highest BCUT2D eigenvalue weighted by Crippen LogP contribution is 2.20. The minimum Gasteiger partial charge on any atom is -0.461 e. The van der Waals surface area contributed by atoms with E-state index < -0.39 is 18.2 Å². The number of amides is 1. The fourth-order valence-corrected chi connectivity index (χ4v) is 3.16. The quantitative estimate of drug-likeness (QED) is 0.567. The lowest BCUT2D eigenvalue weighted by Gasteiger charge is -2.27. The predicted molar refractivity (Wildman–Crippen MR) is 115 cm³/mol. The van der Waals surface area contributed by atoms with Gasteiger partial charge in [-0.3, -0.25) is 4.79 Å². The lowest BCUT2D eigenvalue weighted by atomic mass is 9.99. The van der Waals surface area contributed by atoms with Crippen molar-refractivity contribution in [3.8, 4) is 0 Å². The molecule has 6 nitrogen and oxygen atoms in total. The Bertz CT molecular complexity index is 781. The van der Waals surface area contributed by atoms with Crippen LogP contribution in [-0.2, 0) is 23.8 Å². The van der Waals surface area contributed by atoms with Crippen molar-refractivity contribution in [3.63, 3.8) is 0 Å². The van der Waals surface area contributed by atoms with Crippen LogP contribution < -0.4 is 5.32 Å². The van der Waals surface area contributed by atoms with Crippen molar-refractivity contribution in [2.75, 3.05) is 20.8 Å². The molecule has 162 valence electrons. The number of hydrogen-bond donors (Lipinski definition) is 1. The minimum atomic E-state index is -0.810. The molecule has 0 aliphatic rings. The van der Waals surface area contributed by atoms with Crippen molar-refractivity contribution in [1.82, 2.24) is 5.32 Å². The fourth-order valence-electron chi connectivity index (χ4n) is 3.16. The molecule has 0 aromatic heterocycles. The highest BCUT2D eigenvalue weighted by Gasteiger charge is 2.28. The first-order chi connectivity index (χ1) is 14.5. The zero-order chi connectivity index (χ0) is 21.9. The molecule has 0 saturated heterocycles. The van der Waals surface area contributed by atoms with E-state index in [4.69, 9.17) is 14.2 Å². The summed E-state index contributed by atoms with van der Waals surface area (Å²) in [7, 11) is 2.97. The Morgan fingerprint density at radius 1 is 0.867 bits per heavy atom. The number of methoxy groups -OCH3 is 2. The second-order valence-corrected chi connectivity index (χ2v) is 7.18. The molecule has 2 aromatic rings. The summed E-state index contributed by atoms with van der Waals surface area (Å²) in [6.45, 7) is 4.09. The molecule has 0 spiro atoms. The van der Waals surface area contributed by atoms with E-state index in [1.54, 1.807) is 0 Å². The zero-order valence-electron chi connectivity index (χ0n) is 18.0. The maximum absolute atomic E-state index is 12.9. The molecule has 30 heavy (non-hydrogen) atoms. The number of esters is 1. The second-order valence-electron chi connectivity index (χ2n) is 7.18. The SMILES string of the molecule is CCC(C)[C@@H](COC(=O)C(OC)c1ccccc1)NC(=O)C(OC)c1ccccc1. The molecule has 1 N–H and O–H groups in total. The molecule has 2 rings (SSSR count). The normalized spacial score (nSPS) is 14.9. The van der Waals surface area contributed by atoms with Crippen LogP contribution in [0.1, 0.15) is 43.6 Å². The maximum atomic E-state index is 12.9. The second kappa shape index (κ2) is 12.1. The van der Waals surface area contributed by atoms with Gasteiger partial charge in [-0.2, -0.15) is 0 Å². The molecule has 0 fully saturated rings. The van der Waals surface area contributed by atoms with Crippen LogP contribution >= 0.6 is 0 Å².